The second kappa shape index (κ2) is 6.76. The molecule has 24 heavy (non-hydrogen) atoms. The molecule has 0 spiro atoms. The van der Waals surface area contributed by atoms with Crippen molar-refractivity contribution in [2.24, 2.45) is 0 Å². The van der Waals surface area contributed by atoms with Crippen molar-refractivity contribution in [2.45, 2.75) is 6.92 Å². The molecule has 0 radical (unpaired) electrons. The summed E-state index contributed by atoms with van der Waals surface area (Å²) in [6.45, 7) is 2.67. The van der Waals surface area contributed by atoms with Crippen LogP contribution in [0.2, 0.25) is 0 Å². The number of halogens is 1. The molecule has 1 aromatic carbocycles. The number of aryl methyl sites for hydroxylation is 1. The van der Waals surface area contributed by atoms with Crippen LogP contribution in [0.4, 0.5) is 4.39 Å². The van der Waals surface area contributed by atoms with Crippen LogP contribution in [0.1, 0.15) is 16.1 Å². The summed E-state index contributed by atoms with van der Waals surface area (Å²) in [5.41, 5.74) is 3.35. The van der Waals surface area contributed by atoms with Crippen molar-refractivity contribution in [1.82, 2.24) is 19.9 Å². The topological polar surface area (TPSA) is 68.5 Å². The Morgan fingerprint density at radius 2 is 2.04 bits per heavy atom. The average Bonchev–Trinajstić information content (AvgIpc) is 3.01. The van der Waals surface area contributed by atoms with E-state index in [0.29, 0.717) is 30.1 Å². The molecule has 3 rings (SSSR count). The highest BCUT2D eigenvalue weighted by atomic mass is 19.1. The third-order valence-electron chi connectivity index (χ3n) is 3.76. The summed E-state index contributed by atoms with van der Waals surface area (Å²) in [4.78, 5) is 16.6. The Morgan fingerprint density at radius 1 is 1.29 bits per heavy atom. The van der Waals surface area contributed by atoms with Gasteiger partial charge >= 0.3 is 0 Å². The maximum absolute atomic E-state index is 13.1. The van der Waals surface area contributed by atoms with Gasteiger partial charge in [0.15, 0.2) is 5.65 Å². The predicted octanol–water partition coefficient (Wildman–Crippen LogP) is 2.22. The van der Waals surface area contributed by atoms with Crippen LogP contribution in [0, 0.1) is 12.7 Å². The van der Waals surface area contributed by atoms with Crippen molar-refractivity contribution >= 4 is 11.6 Å². The number of hydrogen-bond acceptors (Lipinski definition) is 4. The van der Waals surface area contributed by atoms with E-state index in [9.17, 15) is 9.18 Å². The van der Waals surface area contributed by atoms with Gasteiger partial charge in [-0.3, -0.25) is 4.79 Å². The number of benzene rings is 1. The van der Waals surface area contributed by atoms with Crippen molar-refractivity contribution in [1.29, 1.82) is 0 Å². The third kappa shape index (κ3) is 2.98. The fraction of sp³-hybridized carbons (Fsp3) is 0.235. The number of carbonyl (C=O) groups excluding carboxylic acids is 1. The highest BCUT2D eigenvalue weighted by Gasteiger charge is 2.16. The molecule has 3 aromatic rings. The van der Waals surface area contributed by atoms with Gasteiger partial charge in [-0.2, -0.15) is 5.10 Å². The lowest BCUT2D eigenvalue weighted by Crippen LogP contribution is -2.28. The summed E-state index contributed by atoms with van der Waals surface area (Å²) in [5.74, 6) is -0.521. The molecular formula is C17H17FN4O2. The molecule has 0 saturated heterocycles. The molecule has 0 atom stereocenters. The standard InChI is InChI=1S/C17H17FN4O2/c1-11-14(17(23)19-7-8-24-2)9-20-16-15(10-21-22(11)16)12-3-5-13(18)6-4-12/h3-6,9-10H,7-8H2,1-2H3,(H,19,23). The van der Waals surface area contributed by atoms with E-state index in [4.69, 9.17) is 4.74 Å². The van der Waals surface area contributed by atoms with Crippen LogP contribution in [0.5, 0.6) is 0 Å². The molecular weight excluding hydrogens is 311 g/mol. The minimum Gasteiger partial charge on any atom is -0.383 e. The largest absolute Gasteiger partial charge is 0.383 e. The van der Waals surface area contributed by atoms with Gasteiger partial charge in [0.1, 0.15) is 5.82 Å². The Labute approximate surface area is 138 Å². The number of methoxy groups -OCH3 is 1. The summed E-state index contributed by atoms with van der Waals surface area (Å²) in [7, 11) is 1.58. The molecule has 2 aromatic heterocycles. The average molecular weight is 328 g/mol. The third-order valence-corrected chi connectivity index (χ3v) is 3.76. The summed E-state index contributed by atoms with van der Waals surface area (Å²) < 4.78 is 19.6. The van der Waals surface area contributed by atoms with Crippen molar-refractivity contribution < 1.29 is 13.9 Å². The number of carbonyl (C=O) groups is 1. The number of amides is 1. The zero-order valence-electron chi connectivity index (χ0n) is 13.4. The van der Waals surface area contributed by atoms with Crippen molar-refractivity contribution in [3.8, 4) is 11.1 Å². The SMILES string of the molecule is COCCNC(=O)c1cnc2c(-c3ccc(F)cc3)cnn2c1C. The second-order valence-electron chi connectivity index (χ2n) is 5.31. The van der Waals surface area contributed by atoms with Crippen LogP contribution >= 0.6 is 0 Å². The number of fused-ring (bicyclic) bond motifs is 1. The molecule has 1 N–H and O–H groups in total. The van der Waals surface area contributed by atoms with Gasteiger partial charge in [0.05, 0.1) is 24.1 Å². The Hall–Kier alpha value is -2.80. The second-order valence-corrected chi connectivity index (χ2v) is 5.31. The van der Waals surface area contributed by atoms with E-state index in [0.717, 1.165) is 11.1 Å². The number of nitrogens with one attached hydrogen (secondary N) is 1. The first-order valence-electron chi connectivity index (χ1n) is 7.48. The van der Waals surface area contributed by atoms with E-state index in [2.05, 4.69) is 15.4 Å². The molecule has 6 nitrogen and oxygen atoms in total. The van der Waals surface area contributed by atoms with Gasteiger partial charge in [0.2, 0.25) is 0 Å². The van der Waals surface area contributed by atoms with Gasteiger partial charge in [-0.05, 0) is 24.6 Å². The highest BCUT2D eigenvalue weighted by molar-refractivity contribution is 5.95. The number of ether oxygens (including phenoxy) is 1. The van der Waals surface area contributed by atoms with Gasteiger partial charge in [0, 0.05) is 25.4 Å². The molecule has 0 fully saturated rings. The zero-order valence-corrected chi connectivity index (χ0v) is 13.4. The van der Waals surface area contributed by atoms with Crippen LogP contribution in [-0.2, 0) is 4.74 Å². The predicted molar refractivity (Wildman–Crippen MR) is 87.3 cm³/mol. The minimum atomic E-state index is -0.297. The first-order valence-corrected chi connectivity index (χ1v) is 7.48. The van der Waals surface area contributed by atoms with Crippen LogP contribution in [0.3, 0.4) is 0 Å². The summed E-state index contributed by atoms with van der Waals surface area (Å²) in [6, 6.07) is 6.13. The molecule has 0 aliphatic rings. The molecule has 0 bridgehead atoms. The zero-order chi connectivity index (χ0) is 17.1. The van der Waals surface area contributed by atoms with Crippen molar-refractivity contribution in [3.63, 3.8) is 0 Å². The molecule has 0 aliphatic heterocycles. The van der Waals surface area contributed by atoms with Gasteiger partial charge in [-0.15, -0.1) is 0 Å². The van der Waals surface area contributed by atoms with Crippen LogP contribution < -0.4 is 5.32 Å². The summed E-state index contributed by atoms with van der Waals surface area (Å²) in [5, 5.41) is 7.08. The lowest BCUT2D eigenvalue weighted by Gasteiger charge is -2.08. The smallest absolute Gasteiger partial charge is 0.254 e. The van der Waals surface area contributed by atoms with Crippen LogP contribution in [0.25, 0.3) is 16.8 Å². The van der Waals surface area contributed by atoms with Crippen LogP contribution in [0.15, 0.2) is 36.7 Å². The van der Waals surface area contributed by atoms with Crippen LogP contribution in [-0.4, -0.2) is 40.8 Å². The normalized spacial score (nSPS) is 11.0. The lowest BCUT2D eigenvalue weighted by molar-refractivity contribution is 0.0935. The first kappa shape index (κ1) is 16.1. The maximum Gasteiger partial charge on any atom is 0.254 e. The molecule has 0 saturated carbocycles. The number of aromatic nitrogens is 3. The Morgan fingerprint density at radius 3 is 2.75 bits per heavy atom. The monoisotopic (exact) mass is 328 g/mol. The molecule has 0 aliphatic carbocycles. The molecule has 0 unspecified atom stereocenters. The van der Waals surface area contributed by atoms with Gasteiger partial charge in [-0.1, -0.05) is 12.1 Å². The van der Waals surface area contributed by atoms with E-state index in [1.807, 2.05) is 0 Å². The lowest BCUT2D eigenvalue weighted by atomic mass is 10.1. The quantitative estimate of drug-likeness (QED) is 0.729. The molecule has 2 heterocycles. The minimum absolute atomic E-state index is 0.224. The maximum atomic E-state index is 13.1. The fourth-order valence-corrected chi connectivity index (χ4v) is 2.46. The van der Waals surface area contributed by atoms with Gasteiger partial charge in [0.25, 0.3) is 5.91 Å². The van der Waals surface area contributed by atoms with Crippen molar-refractivity contribution in [3.05, 3.63) is 53.7 Å². The summed E-state index contributed by atoms with van der Waals surface area (Å²) in [6.07, 6.45) is 3.19. The molecule has 1 amide bonds. The van der Waals surface area contributed by atoms with E-state index in [1.54, 1.807) is 36.9 Å². The molecule has 124 valence electrons. The fourth-order valence-electron chi connectivity index (χ4n) is 2.46. The Kier molecular flexibility index (Phi) is 4.52. The van der Waals surface area contributed by atoms with E-state index in [-0.39, 0.29) is 11.7 Å². The van der Waals surface area contributed by atoms with E-state index in [1.165, 1.54) is 18.3 Å². The van der Waals surface area contributed by atoms with Gasteiger partial charge < -0.3 is 10.1 Å². The molecule has 7 heteroatoms. The summed E-state index contributed by atoms with van der Waals surface area (Å²) >= 11 is 0. The first-order chi connectivity index (χ1) is 11.6. The number of nitrogens with zero attached hydrogens (tertiary/aromatic N) is 3. The Balaban J connectivity index is 1.96. The van der Waals surface area contributed by atoms with Gasteiger partial charge in [-0.25, -0.2) is 13.9 Å². The number of rotatable bonds is 5. The number of hydrogen-bond donors (Lipinski definition) is 1. The highest BCUT2D eigenvalue weighted by Crippen LogP contribution is 2.24. The van der Waals surface area contributed by atoms with E-state index >= 15 is 0 Å². The Bertz CT molecular complexity index is 874. The van der Waals surface area contributed by atoms with E-state index < -0.39 is 0 Å². The van der Waals surface area contributed by atoms with Crippen molar-refractivity contribution in [2.75, 3.05) is 20.3 Å².